The summed E-state index contributed by atoms with van der Waals surface area (Å²) in [6.07, 6.45) is 5.65. The van der Waals surface area contributed by atoms with E-state index in [-0.39, 0.29) is 0 Å². The van der Waals surface area contributed by atoms with Crippen LogP contribution < -0.4 is 0 Å². The highest BCUT2D eigenvalue weighted by molar-refractivity contribution is 5.06. The lowest BCUT2D eigenvalue weighted by molar-refractivity contribution is 0.0704. The molecule has 1 aliphatic heterocycles. The summed E-state index contributed by atoms with van der Waals surface area (Å²) < 4.78 is 5.64. The molecule has 0 N–H and O–H groups in total. The Morgan fingerprint density at radius 1 is 1.08 bits per heavy atom. The number of hydrogen-bond acceptors (Lipinski definition) is 1. The molecular formula is C11H18O. The predicted octanol–water partition coefficient (Wildman–Crippen LogP) is 2.46. The summed E-state index contributed by atoms with van der Waals surface area (Å²) in [4.78, 5) is 0. The number of fused-ring (bicyclic) bond motifs is 3. The molecule has 3 rings (SSSR count). The quantitative estimate of drug-likeness (QED) is 0.504. The van der Waals surface area contributed by atoms with Crippen molar-refractivity contribution in [3.05, 3.63) is 0 Å². The Hall–Kier alpha value is -0.0400. The summed E-state index contributed by atoms with van der Waals surface area (Å²) in [5, 5.41) is 0. The van der Waals surface area contributed by atoms with Crippen LogP contribution in [0.15, 0.2) is 0 Å². The molecule has 6 unspecified atom stereocenters. The SMILES string of the molecule is CC1CCC(C)C2C1CC1OC12. The molecule has 3 aliphatic rings. The van der Waals surface area contributed by atoms with E-state index < -0.39 is 0 Å². The molecule has 0 aromatic rings. The molecule has 0 aromatic heterocycles. The van der Waals surface area contributed by atoms with Crippen LogP contribution in [0.3, 0.4) is 0 Å². The van der Waals surface area contributed by atoms with E-state index >= 15 is 0 Å². The third kappa shape index (κ3) is 0.834. The van der Waals surface area contributed by atoms with Crippen molar-refractivity contribution in [1.29, 1.82) is 0 Å². The Kier molecular flexibility index (Phi) is 1.39. The third-order valence-electron chi connectivity index (χ3n) is 4.47. The minimum atomic E-state index is 0.683. The minimum absolute atomic E-state index is 0.683. The standard InChI is InChI=1S/C11H18O/c1-6-3-4-7(2)10-8(6)5-9-11(10)12-9/h6-11H,3-5H2,1-2H3. The van der Waals surface area contributed by atoms with Gasteiger partial charge in [0.05, 0.1) is 12.2 Å². The molecule has 3 fully saturated rings. The van der Waals surface area contributed by atoms with Crippen LogP contribution in [0, 0.1) is 23.7 Å². The first-order chi connectivity index (χ1) is 5.77. The maximum Gasteiger partial charge on any atom is 0.0875 e. The topological polar surface area (TPSA) is 12.5 Å². The number of epoxide rings is 1. The van der Waals surface area contributed by atoms with E-state index in [4.69, 9.17) is 4.74 Å². The molecule has 68 valence electrons. The minimum Gasteiger partial charge on any atom is -0.369 e. The highest BCUT2D eigenvalue weighted by Gasteiger charge is 2.58. The summed E-state index contributed by atoms with van der Waals surface area (Å²) in [6.45, 7) is 4.86. The van der Waals surface area contributed by atoms with E-state index in [0.717, 1.165) is 23.7 Å². The summed E-state index contributed by atoms with van der Waals surface area (Å²) in [5.41, 5.74) is 0. The van der Waals surface area contributed by atoms with E-state index in [1.807, 2.05) is 0 Å². The fraction of sp³-hybridized carbons (Fsp3) is 1.00. The normalized spacial score (nSPS) is 62.5. The van der Waals surface area contributed by atoms with Crippen molar-refractivity contribution in [3.8, 4) is 0 Å². The van der Waals surface area contributed by atoms with Gasteiger partial charge in [0.15, 0.2) is 0 Å². The molecule has 12 heavy (non-hydrogen) atoms. The Morgan fingerprint density at radius 2 is 1.83 bits per heavy atom. The third-order valence-corrected chi connectivity index (χ3v) is 4.47. The van der Waals surface area contributed by atoms with Crippen LogP contribution in [0.4, 0.5) is 0 Å². The van der Waals surface area contributed by atoms with Gasteiger partial charge in [-0.15, -0.1) is 0 Å². The number of hydrogen-bond donors (Lipinski definition) is 0. The molecular weight excluding hydrogens is 148 g/mol. The van der Waals surface area contributed by atoms with E-state index in [0.29, 0.717) is 12.2 Å². The molecule has 1 heteroatoms. The van der Waals surface area contributed by atoms with Crippen LogP contribution in [0.5, 0.6) is 0 Å². The molecule has 2 saturated carbocycles. The van der Waals surface area contributed by atoms with Gasteiger partial charge in [-0.25, -0.2) is 0 Å². The van der Waals surface area contributed by atoms with Crippen molar-refractivity contribution in [1.82, 2.24) is 0 Å². The van der Waals surface area contributed by atoms with Gasteiger partial charge in [-0.1, -0.05) is 26.7 Å². The molecule has 0 bridgehead atoms. The summed E-state index contributed by atoms with van der Waals surface area (Å²) in [5.74, 6) is 3.85. The van der Waals surface area contributed by atoms with Crippen molar-refractivity contribution in [2.45, 2.75) is 45.3 Å². The lowest BCUT2D eigenvalue weighted by atomic mass is 9.69. The Balaban J connectivity index is 1.84. The Morgan fingerprint density at radius 3 is 2.58 bits per heavy atom. The van der Waals surface area contributed by atoms with Crippen LogP contribution in [0.25, 0.3) is 0 Å². The Bertz CT molecular complexity index is 201. The predicted molar refractivity (Wildman–Crippen MR) is 47.8 cm³/mol. The molecule has 0 radical (unpaired) electrons. The van der Waals surface area contributed by atoms with E-state index in [1.54, 1.807) is 0 Å². The van der Waals surface area contributed by atoms with Gasteiger partial charge in [-0.05, 0) is 30.1 Å². The van der Waals surface area contributed by atoms with Gasteiger partial charge in [0.25, 0.3) is 0 Å². The van der Waals surface area contributed by atoms with Crippen LogP contribution in [0.1, 0.15) is 33.1 Å². The fourth-order valence-electron chi connectivity index (χ4n) is 3.64. The molecule has 1 heterocycles. The first kappa shape index (κ1) is 7.37. The smallest absolute Gasteiger partial charge is 0.0875 e. The van der Waals surface area contributed by atoms with Gasteiger partial charge >= 0.3 is 0 Å². The van der Waals surface area contributed by atoms with E-state index in [1.165, 1.54) is 19.3 Å². The van der Waals surface area contributed by atoms with Crippen LogP contribution >= 0.6 is 0 Å². The largest absolute Gasteiger partial charge is 0.369 e. The monoisotopic (exact) mass is 166 g/mol. The van der Waals surface area contributed by atoms with Crippen molar-refractivity contribution in [2.75, 3.05) is 0 Å². The average Bonchev–Trinajstić information content (AvgIpc) is 2.71. The molecule has 0 amide bonds. The number of rotatable bonds is 0. The molecule has 1 saturated heterocycles. The van der Waals surface area contributed by atoms with E-state index in [9.17, 15) is 0 Å². The zero-order valence-electron chi connectivity index (χ0n) is 7.99. The van der Waals surface area contributed by atoms with Crippen LogP contribution in [0.2, 0.25) is 0 Å². The van der Waals surface area contributed by atoms with Gasteiger partial charge in [0.2, 0.25) is 0 Å². The maximum absolute atomic E-state index is 5.64. The van der Waals surface area contributed by atoms with Gasteiger partial charge in [0, 0.05) is 0 Å². The highest BCUT2D eigenvalue weighted by Crippen LogP contribution is 2.56. The average molecular weight is 166 g/mol. The first-order valence-corrected chi connectivity index (χ1v) is 5.43. The van der Waals surface area contributed by atoms with E-state index in [2.05, 4.69) is 13.8 Å². The zero-order chi connectivity index (χ0) is 8.29. The van der Waals surface area contributed by atoms with Crippen molar-refractivity contribution >= 4 is 0 Å². The van der Waals surface area contributed by atoms with Crippen molar-refractivity contribution < 1.29 is 4.74 Å². The molecule has 0 aromatic carbocycles. The zero-order valence-corrected chi connectivity index (χ0v) is 7.99. The molecule has 6 atom stereocenters. The molecule has 1 nitrogen and oxygen atoms in total. The Labute approximate surface area is 74.5 Å². The lowest BCUT2D eigenvalue weighted by Crippen LogP contribution is -2.32. The fourth-order valence-corrected chi connectivity index (χ4v) is 3.64. The summed E-state index contributed by atoms with van der Waals surface area (Å²) in [6, 6.07) is 0. The van der Waals surface area contributed by atoms with Gasteiger partial charge < -0.3 is 4.74 Å². The molecule has 0 spiro atoms. The highest BCUT2D eigenvalue weighted by atomic mass is 16.6. The number of ether oxygens (including phenoxy) is 1. The van der Waals surface area contributed by atoms with Crippen LogP contribution in [-0.4, -0.2) is 12.2 Å². The summed E-state index contributed by atoms with van der Waals surface area (Å²) in [7, 11) is 0. The maximum atomic E-state index is 5.64. The first-order valence-electron chi connectivity index (χ1n) is 5.43. The van der Waals surface area contributed by atoms with Gasteiger partial charge in [0.1, 0.15) is 0 Å². The lowest BCUT2D eigenvalue weighted by Gasteiger charge is -2.37. The summed E-state index contributed by atoms with van der Waals surface area (Å²) >= 11 is 0. The molecule has 2 aliphatic carbocycles. The second kappa shape index (κ2) is 2.25. The second-order valence-corrected chi connectivity index (χ2v) is 5.15. The van der Waals surface area contributed by atoms with Gasteiger partial charge in [-0.3, -0.25) is 0 Å². The van der Waals surface area contributed by atoms with Gasteiger partial charge in [-0.2, -0.15) is 0 Å². The van der Waals surface area contributed by atoms with Crippen LogP contribution in [-0.2, 0) is 4.74 Å². The van der Waals surface area contributed by atoms with Crippen molar-refractivity contribution in [2.24, 2.45) is 23.7 Å². The van der Waals surface area contributed by atoms with Crippen molar-refractivity contribution in [3.63, 3.8) is 0 Å². The second-order valence-electron chi connectivity index (χ2n) is 5.15.